The lowest BCUT2D eigenvalue weighted by Crippen LogP contribution is -2.13. The van der Waals surface area contributed by atoms with Gasteiger partial charge in [-0.05, 0) is 31.1 Å². The van der Waals surface area contributed by atoms with Crippen molar-refractivity contribution in [2.45, 2.75) is 32.3 Å². The molecule has 1 N–H and O–H groups in total. The van der Waals surface area contributed by atoms with Gasteiger partial charge in [0.1, 0.15) is 0 Å². The van der Waals surface area contributed by atoms with Gasteiger partial charge in [-0.15, -0.1) is 0 Å². The molecule has 0 saturated heterocycles. The zero-order valence-electron chi connectivity index (χ0n) is 6.39. The molecule has 0 aliphatic heterocycles. The summed E-state index contributed by atoms with van der Waals surface area (Å²) in [4.78, 5) is 0. The molecule has 2 atom stereocenters. The van der Waals surface area contributed by atoms with E-state index in [-0.39, 0.29) is 6.10 Å². The number of alkyl halides is 1. The molecule has 1 rings (SSSR count). The second kappa shape index (κ2) is 3.72. The first-order valence-electron chi connectivity index (χ1n) is 3.98. The Morgan fingerprint density at radius 3 is 2.60 bits per heavy atom. The highest BCUT2D eigenvalue weighted by Crippen LogP contribution is 2.38. The van der Waals surface area contributed by atoms with Crippen LogP contribution in [-0.4, -0.2) is 16.5 Å². The lowest BCUT2D eigenvalue weighted by molar-refractivity contribution is 0.164. The van der Waals surface area contributed by atoms with Crippen LogP contribution in [0.1, 0.15) is 26.2 Å². The molecule has 0 aromatic carbocycles. The maximum Gasteiger partial charge on any atom is 0.0639 e. The fourth-order valence-electron chi connectivity index (χ4n) is 1.35. The lowest BCUT2D eigenvalue weighted by Gasteiger charge is -2.12. The number of halogens is 1. The Labute approximate surface area is 70.9 Å². The van der Waals surface area contributed by atoms with Crippen molar-refractivity contribution in [3.63, 3.8) is 0 Å². The Kier molecular flexibility index (Phi) is 3.18. The van der Waals surface area contributed by atoms with Gasteiger partial charge in [-0.1, -0.05) is 22.9 Å². The Morgan fingerprint density at radius 1 is 1.60 bits per heavy atom. The van der Waals surface area contributed by atoms with E-state index in [4.69, 9.17) is 0 Å². The number of rotatable bonds is 4. The van der Waals surface area contributed by atoms with Crippen LogP contribution in [0.4, 0.5) is 0 Å². The zero-order valence-corrected chi connectivity index (χ0v) is 7.97. The van der Waals surface area contributed by atoms with Gasteiger partial charge in [-0.3, -0.25) is 0 Å². The van der Waals surface area contributed by atoms with Crippen molar-refractivity contribution in [1.29, 1.82) is 0 Å². The summed E-state index contributed by atoms with van der Waals surface area (Å²) in [5, 5.41) is 9.98. The Hall–Kier alpha value is 0.440. The molecule has 0 spiro atoms. The van der Waals surface area contributed by atoms with Crippen molar-refractivity contribution in [1.82, 2.24) is 0 Å². The fourth-order valence-corrected chi connectivity index (χ4v) is 1.61. The average Bonchev–Trinajstić information content (AvgIpc) is 2.68. The molecule has 1 saturated carbocycles. The molecule has 60 valence electrons. The molecule has 0 amide bonds. The van der Waals surface area contributed by atoms with Crippen LogP contribution in [-0.2, 0) is 0 Å². The molecule has 0 heterocycles. The molecule has 10 heavy (non-hydrogen) atoms. The molecule has 0 aromatic heterocycles. The van der Waals surface area contributed by atoms with E-state index in [0.717, 1.165) is 23.6 Å². The standard InChI is InChI=1S/C8H15BrO/c1-6(7-2-3-7)4-8(10)5-9/h6-8,10H,2-5H2,1H3. The molecular weight excluding hydrogens is 192 g/mol. The number of hydrogen-bond acceptors (Lipinski definition) is 1. The monoisotopic (exact) mass is 206 g/mol. The molecule has 1 nitrogen and oxygen atoms in total. The predicted molar refractivity (Wildman–Crippen MR) is 46.3 cm³/mol. The van der Waals surface area contributed by atoms with E-state index in [1.165, 1.54) is 12.8 Å². The molecule has 1 fully saturated rings. The minimum absolute atomic E-state index is 0.129. The quantitative estimate of drug-likeness (QED) is 0.700. The molecule has 1 aliphatic carbocycles. The van der Waals surface area contributed by atoms with E-state index in [1.807, 2.05) is 0 Å². The fraction of sp³-hybridized carbons (Fsp3) is 1.00. The highest BCUT2D eigenvalue weighted by Gasteiger charge is 2.28. The van der Waals surface area contributed by atoms with Gasteiger partial charge >= 0.3 is 0 Å². The summed E-state index contributed by atoms with van der Waals surface area (Å²) in [5.74, 6) is 1.65. The van der Waals surface area contributed by atoms with Crippen molar-refractivity contribution in [2.24, 2.45) is 11.8 Å². The van der Waals surface area contributed by atoms with Crippen LogP contribution in [0.3, 0.4) is 0 Å². The van der Waals surface area contributed by atoms with Crippen molar-refractivity contribution in [3.05, 3.63) is 0 Å². The highest BCUT2D eigenvalue weighted by molar-refractivity contribution is 9.09. The van der Waals surface area contributed by atoms with E-state index in [2.05, 4.69) is 22.9 Å². The lowest BCUT2D eigenvalue weighted by atomic mass is 9.99. The van der Waals surface area contributed by atoms with E-state index < -0.39 is 0 Å². The average molecular weight is 207 g/mol. The first-order chi connectivity index (χ1) is 4.74. The van der Waals surface area contributed by atoms with Crippen molar-refractivity contribution in [3.8, 4) is 0 Å². The molecule has 1 aliphatic rings. The molecule has 2 heteroatoms. The first-order valence-corrected chi connectivity index (χ1v) is 5.10. The maximum atomic E-state index is 9.26. The van der Waals surface area contributed by atoms with E-state index in [9.17, 15) is 5.11 Å². The third kappa shape index (κ3) is 2.59. The van der Waals surface area contributed by atoms with Gasteiger partial charge < -0.3 is 5.11 Å². The van der Waals surface area contributed by atoms with Gasteiger partial charge in [0, 0.05) is 5.33 Å². The number of aliphatic hydroxyl groups excluding tert-OH is 1. The smallest absolute Gasteiger partial charge is 0.0639 e. The van der Waals surface area contributed by atoms with Crippen molar-refractivity contribution in [2.75, 3.05) is 5.33 Å². The summed E-state index contributed by atoms with van der Waals surface area (Å²) < 4.78 is 0. The van der Waals surface area contributed by atoms with Crippen molar-refractivity contribution >= 4 is 15.9 Å². The second-order valence-electron chi connectivity index (χ2n) is 3.36. The van der Waals surface area contributed by atoms with Crippen LogP contribution in [0, 0.1) is 11.8 Å². The molecule has 2 unspecified atom stereocenters. The van der Waals surface area contributed by atoms with Crippen LogP contribution in [0.25, 0.3) is 0 Å². The Balaban J connectivity index is 2.10. The van der Waals surface area contributed by atoms with Gasteiger partial charge in [0.25, 0.3) is 0 Å². The first kappa shape index (κ1) is 8.54. The SMILES string of the molecule is CC(CC(O)CBr)C1CC1. The topological polar surface area (TPSA) is 20.2 Å². The van der Waals surface area contributed by atoms with E-state index in [1.54, 1.807) is 0 Å². The summed E-state index contributed by atoms with van der Waals surface area (Å²) >= 11 is 3.26. The molecule has 0 radical (unpaired) electrons. The molecular formula is C8H15BrO. The predicted octanol–water partition coefficient (Wildman–Crippen LogP) is 2.18. The largest absolute Gasteiger partial charge is 0.392 e. The third-order valence-electron chi connectivity index (χ3n) is 2.25. The highest BCUT2D eigenvalue weighted by atomic mass is 79.9. The van der Waals surface area contributed by atoms with Gasteiger partial charge in [-0.2, -0.15) is 0 Å². The molecule has 0 bridgehead atoms. The van der Waals surface area contributed by atoms with E-state index in [0.29, 0.717) is 0 Å². The minimum Gasteiger partial charge on any atom is -0.392 e. The zero-order chi connectivity index (χ0) is 7.56. The molecule has 0 aromatic rings. The van der Waals surface area contributed by atoms with Crippen LogP contribution in [0.5, 0.6) is 0 Å². The van der Waals surface area contributed by atoms with Crippen LogP contribution < -0.4 is 0 Å². The summed E-state index contributed by atoms with van der Waals surface area (Å²) in [6, 6.07) is 0. The summed E-state index contributed by atoms with van der Waals surface area (Å²) in [7, 11) is 0. The second-order valence-corrected chi connectivity index (χ2v) is 4.01. The van der Waals surface area contributed by atoms with E-state index >= 15 is 0 Å². The summed E-state index contributed by atoms with van der Waals surface area (Å²) in [6.07, 6.45) is 3.61. The van der Waals surface area contributed by atoms with Gasteiger partial charge in [-0.25, -0.2) is 0 Å². The third-order valence-corrected chi connectivity index (χ3v) is 3.00. The normalized spacial score (nSPS) is 24.3. The minimum atomic E-state index is -0.129. The summed E-state index contributed by atoms with van der Waals surface area (Å²) in [6.45, 7) is 2.24. The maximum absolute atomic E-state index is 9.26. The van der Waals surface area contributed by atoms with Gasteiger partial charge in [0.15, 0.2) is 0 Å². The van der Waals surface area contributed by atoms with Crippen LogP contribution in [0.15, 0.2) is 0 Å². The van der Waals surface area contributed by atoms with Crippen LogP contribution >= 0.6 is 15.9 Å². The van der Waals surface area contributed by atoms with Crippen LogP contribution in [0.2, 0.25) is 0 Å². The van der Waals surface area contributed by atoms with Gasteiger partial charge in [0.2, 0.25) is 0 Å². The Bertz CT molecular complexity index is 101. The number of aliphatic hydroxyl groups is 1. The van der Waals surface area contributed by atoms with Gasteiger partial charge in [0.05, 0.1) is 6.10 Å². The summed E-state index contributed by atoms with van der Waals surface area (Å²) in [5.41, 5.74) is 0. The van der Waals surface area contributed by atoms with Crippen molar-refractivity contribution < 1.29 is 5.11 Å². The number of hydrogen-bond donors (Lipinski definition) is 1. The Morgan fingerprint density at radius 2 is 2.20 bits per heavy atom.